The number of hydrogen-bond acceptors (Lipinski definition) is 3. The number of guanidine groups is 1. The van der Waals surface area contributed by atoms with Crippen LogP contribution < -0.4 is 15.4 Å². The summed E-state index contributed by atoms with van der Waals surface area (Å²) in [6, 6.07) is 8.31. The van der Waals surface area contributed by atoms with E-state index in [9.17, 15) is 4.79 Å². The van der Waals surface area contributed by atoms with Gasteiger partial charge in [-0.3, -0.25) is 4.79 Å². The minimum Gasteiger partial charge on any atom is -0.497 e. The van der Waals surface area contributed by atoms with Gasteiger partial charge < -0.3 is 20.3 Å². The van der Waals surface area contributed by atoms with E-state index in [1.807, 2.05) is 24.3 Å². The Morgan fingerprint density at radius 2 is 2.00 bits per heavy atom. The van der Waals surface area contributed by atoms with Crippen LogP contribution >= 0.6 is 24.0 Å². The molecule has 0 atom stereocenters. The molecule has 0 unspecified atom stereocenters. The van der Waals surface area contributed by atoms with Crippen molar-refractivity contribution in [2.24, 2.45) is 4.99 Å². The molecule has 1 aliphatic carbocycles. The third-order valence-corrected chi connectivity index (χ3v) is 4.41. The van der Waals surface area contributed by atoms with Gasteiger partial charge in [0, 0.05) is 20.1 Å². The highest BCUT2D eigenvalue weighted by Crippen LogP contribution is 2.17. The zero-order valence-corrected chi connectivity index (χ0v) is 18.3. The monoisotopic (exact) mass is 474 g/mol. The number of ether oxygens (including phenoxy) is 1. The Morgan fingerprint density at radius 3 is 2.65 bits per heavy atom. The van der Waals surface area contributed by atoms with Crippen molar-refractivity contribution < 1.29 is 9.53 Å². The number of carbonyl (C=O) groups is 1. The van der Waals surface area contributed by atoms with Gasteiger partial charge >= 0.3 is 0 Å². The number of hydrogen-bond donors (Lipinski definition) is 2. The summed E-state index contributed by atoms with van der Waals surface area (Å²) in [6.07, 6.45) is 6.11. The Balaban J connectivity index is 0.00000338. The number of nitrogens with zero attached hydrogens (tertiary/aromatic N) is 2. The van der Waals surface area contributed by atoms with E-state index in [2.05, 4.69) is 15.6 Å². The van der Waals surface area contributed by atoms with Gasteiger partial charge in [-0.15, -0.1) is 24.0 Å². The van der Waals surface area contributed by atoms with E-state index in [1.165, 1.54) is 19.3 Å². The molecular formula is C19H31IN4O2. The van der Waals surface area contributed by atoms with Crippen LogP contribution in [0.2, 0.25) is 0 Å². The smallest absolute Gasteiger partial charge is 0.241 e. The van der Waals surface area contributed by atoms with Crippen LogP contribution in [0.3, 0.4) is 0 Å². The van der Waals surface area contributed by atoms with Crippen molar-refractivity contribution in [1.29, 1.82) is 0 Å². The van der Waals surface area contributed by atoms with Crippen molar-refractivity contribution in [3.05, 3.63) is 29.8 Å². The van der Waals surface area contributed by atoms with E-state index >= 15 is 0 Å². The molecule has 2 N–H and O–H groups in total. The molecule has 0 spiro atoms. The molecule has 146 valence electrons. The first kappa shape index (κ1) is 22.5. The van der Waals surface area contributed by atoms with Crippen LogP contribution in [-0.4, -0.2) is 50.6 Å². The summed E-state index contributed by atoms with van der Waals surface area (Å²) in [6.45, 7) is 0.777. The lowest BCUT2D eigenvalue weighted by atomic mass is 9.96. The fourth-order valence-electron chi connectivity index (χ4n) is 2.85. The second-order valence-corrected chi connectivity index (χ2v) is 6.64. The third-order valence-electron chi connectivity index (χ3n) is 4.41. The molecule has 0 heterocycles. The molecule has 1 aromatic rings. The van der Waals surface area contributed by atoms with Crippen LogP contribution in [0.4, 0.5) is 0 Å². The van der Waals surface area contributed by atoms with Crippen LogP contribution in [0.5, 0.6) is 5.75 Å². The number of aliphatic imine (C=N–C) groups is 1. The number of carbonyl (C=O) groups excluding carboxylic acids is 1. The number of benzene rings is 1. The van der Waals surface area contributed by atoms with Gasteiger partial charge in [-0.25, -0.2) is 4.99 Å². The van der Waals surface area contributed by atoms with Crippen LogP contribution in [0.1, 0.15) is 37.7 Å². The highest BCUT2D eigenvalue weighted by atomic mass is 127. The lowest BCUT2D eigenvalue weighted by Gasteiger charge is -2.25. The van der Waals surface area contributed by atoms with Crippen LogP contribution in [0.15, 0.2) is 29.3 Å². The molecule has 1 aliphatic rings. The van der Waals surface area contributed by atoms with Crippen molar-refractivity contribution >= 4 is 35.8 Å². The number of rotatable bonds is 6. The van der Waals surface area contributed by atoms with Crippen LogP contribution in [-0.2, 0) is 11.3 Å². The topological polar surface area (TPSA) is 66.0 Å². The SMILES string of the molecule is COc1cccc(CN=C(NCC(=O)N(C)C)NC2CCCCC2)c1.I. The molecule has 6 nitrogen and oxygen atoms in total. The normalized spacial score (nSPS) is 15.0. The van der Waals surface area contributed by atoms with E-state index in [-0.39, 0.29) is 36.4 Å². The molecule has 0 bridgehead atoms. The number of likely N-dealkylation sites (N-methyl/N-ethyl adjacent to an activating group) is 1. The molecule has 1 saturated carbocycles. The van der Waals surface area contributed by atoms with Crippen LogP contribution in [0, 0.1) is 0 Å². The van der Waals surface area contributed by atoms with Crippen LogP contribution in [0.25, 0.3) is 0 Å². The zero-order valence-electron chi connectivity index (χ0n) is 16.0. The van der Waals surface area contributed by atoms with Gasteiger partial charge in [-0.1, -0.05) is 31.4 Å². The highest BCUT2D eigenvalue weighted by Gasteiger charge is 2.15. The molecule has 1 fully saturated rings. The summed E-state index contributed by atoms with van der Waals surface area (Å²) in [4.78, 5) is 18.1. The molecule has 26 heavy (non-hydrogen) atoms. The van der Waals surface area contributed by atoms with Gasteiger partial charge in [-0.05, 0) is 30.5 Å². The van der Waals surface area contributed by atoms with Gasteiger partial charge in [0.25, 0.3) is 0 Å². The van der Waals surface area contributed by atoms with Crippen molar-refractivity contribution in [1.82, 2.24) is 15.5 Å². The molecular weight excluding hydrogens is 443 g/mol. The number of halogens is 1. The number of amides is 1. The number of nitrogens with one attached hydrogen (secondary N) is 2. The first-order valence-corrected chi connectivity index (χ1v) is 8.96. The van der Waals surface area contributed by atoms with Gasteiger partial charge in [0.1, 0.15) is 5.75 Å². The predicted molar refractivity (Wildman–Crippen MR) is 116 cm³/mol. The third kappa shape index (κ3) is 7.80. The highest BCUT2D eigenvalue weighted by molar-refractivity contribution is 14.0. The molecule has 1 aromatic carbocycles. The summed E-state index contributed by atoms with van der Waals surface area (Å²) in [5, 5.41) is 6.65. The van der Waals surface area contributed by atoms with Gasteiger partial charge in [0.2, 0.25) is 5.91 Å². The first-order chi connectivity index (χ1) is 12.1. The van der Waals surface area contributed by atoms with E-state index in [0.717, 1.165) is 24.2 Å². The Hall–Kier alpha value is -1.51. The van der Waals surface area contributed by atoms with Crippen molar-refractivity contribution in [3.63, 3.8) is 0 Å². The maximum absolute atomic E-state index is 11.9. The van der Waals surface area contributed by atoms with E-state index in [1.54, 1.807) is 26.1 Å². The second kappa shape index (κ2) is 12.0. The maximum atomic E-state index is 11.9. The fraction of sp³-hybridized carbons (Fsp3) is 0.579. The molecule has 7 heteroatoms. The van der Waals surface area contributed by atoms with Gasteiger partial charge in [0.05, 0.1) is 20.2 Å². The Bertz CT molecular complexity index is 587. The zero-order chi connectivity index (χ0) is 18.1. The van der Waals surface area contributed by atoms with Crippen molar-refractivity contribution in [3.8, 4) is 5.75 Å². The Labute approximate surface area is 173 Å². The van der Waals surface area contributed by atoms with E-state index in [0.29, 0.717) is 18.5 Å². The lowest BCUT2D eigenvalue weighted by molar-refractivity contribution is -0.127. The molecule has 2 rings (SSSR count). The largest absolute Gasteiger partial charge is 0.497 e. The average Bonchev–Trinajstić information content (AvgIpc) is 2.64. The number of methoxy groups -OCH3 is 1. The molecule has 1 amide bonds. The molecule has 0 saturated heterocycles. The molecule has 0 radical (unpaired) electrons. The summed E-state index contributed by atoms with van der Waals surface area (Å²) >= 11 is 0. The van der Waals surface area contributed by atoms with Gasteiger partial charge in [-0.2, -0.15) is 0 Å². The summed E-state index contributed by atoms with van der Waals surface area (Å²) in [5.41, 5.74) is 1.07. The quantitative estimate of drug-likeness (QED) is 0.378. The summed E-state index contributed by atoms with van der Waals surface area (Å²) in [5.74, 6) is 1.55. The lowest BCUT2D eigenvalue weighted by Crippen LogP contribution is -2.47. The molecule has 0 aliphatic heterocycles. The maximum Gasteiger partial charge on any atom is 0.241 e. The van der Waals surface area contributed by atoms with Crippen molar-refractivity contribution in [2.45, 2.75) is 44.7 Å². The van der Waals surface area contributed by atoms with Crippen molar-refractivity contribution in [2.75, 3.05) is 27.7 Å². The fourth-order valence-corrected chi connectivity index (χ4v) is 2.85. The van der Waals surface area contributed by atoms with E-state index in [4.69, 9.17) is 4.74 Å². The predicted octanol–water partition coefficient (Wildman–Crippen LogP) is 2.77. The minimum absolute atomic E-state index is 0. The standard InChI is InChI=1S/C19H30N4O2.HI/c1-23(2)18(24)14-21-19(22-16-9-5-4-6-10-16)20-13-15-8-7-11-17(12-15)25-3;/h7-8,11-12,16H,4-6,9-10,13-14H2,1-3H3,(H2,20,21,22);1H. The summed E-state index contributed by atoms with van der Waals surface area (Å²) in [7, 11) is 5.17. The summed E-state index contributed by atoms with van der Waals surface area (Å²) < 4.78 is 5.26. The Kier molecular flexibility index (Phi) is 10.4. The average molecular weight is 474 g/mol. The minimum atomic E-state index is 0. The van der Waals surface area contributed by atoms with E-state index < -0.39 is 0 Å². The molecule has 0 aromatic heterocycles. The Morgan fingerprint density at radius 1 is 1.27 bits per heavy atom. The van der Waals surface area contributed by atoms with Gasteiger partial charge in [0.15, 0.2) is 5.96 Å². The second-order valence-electron chi connectivity index (χ2n) is 6.64. The first-order valence-electron chi connectivity index (χ1n) is 8.96.